The fourth-order valence-corrected chi connectivity index (χ4v) is 3.34. The molecule has 1 aliphatic heterocycles. The lowest BCUT2D eigenvalue weighted by molar-refractivity contribution is 0.402. The number of hydrogen-bond donors (Lipinski definition) is 1. The minimum Gasteiger partial charge on any atom is -0.310 e. The van der Waals surface area contributed by atoms with Crippen LogP contribution >= 0.6 is 11.8 Å². The molecule has 2 rings (SSSR count). The molecule has 88 valence electrons. The SMILES string of the molecule is CCCNC1c2cccc(F)c2SCC1C. The van der Waals surface area contributed by atoms with E-state index in [1.54, 1.807) is 17.8 Å². The van der Waals surface area contributed by atoms with Gasteiger partial charge in [-0.25, -0.2) is 4.39 Å². The highest BCUT2D eigenvalue weighted by Gasteiger charge is 2.27. The lowest BCUT2D eigenvalue weighted by atomic mass is 9.95. The van der Waals surface area contributed by atoms with Crippen molar-refractivity contribution < 1.29 is 4.39 Å². The molecule has 0 aromatic heterocycles. The summed E-state index contributed by atoms with van der Waals surface area (Å²) in [7, 11) is 0. The van der Waals surface area contributed by atoms with Crippen molar-refractivity contribution in [1.29, 1.82) is 0 Å². The van der Waals surface area contributed by atoms with Crippen molar-refractivity contribution in [1.82, 2.24) is 5.32 Å². The molecule has 0 saturated carbocycles. The van der Waals surface area contributed by atoms with Gasteiger partial charge in [0.2, 0.25) is 0 Å². The van der Waals surface area contributed by atoms with Gasteiger partial charge in [0.15, 0.2) is 0 Å². The zero-order valence-electron chi connectivity index (χ0n) is 9.79. The summed E-state index contributed by atoms with van der Waals surface area (Å²) in [5.74, 6) is 1.48. The molecule has 1 N–H and O–H groups in total. The first-order valence-corrected chi connectivity index (χ1v) is 6.87. The third-order valence-corrected chi connectivity index (χ3v) is 4.42. The number of nitrogens with one attached hydrogen (secondary N) is 1. The zero-order chi connectivity index (χ0) is 11.5. The summed E-state index contributed by atoms with van der Waals surface area (Å²) in [5, 5.41) is 3.52. The van der Waals surface area contributed by atoms with E-state index in [0.717, 1.165) is 29.2 Å². The summed E-state index contributed by atoms with van der Waals surface area (Å²) in [4.78, 5) is 0.842. The van der Waals surface area contributed by atoms with Crippen LogP contribution in [-0.4, -0.2) is 12.3 Å². The van der Waals surface area contributed by atoms with Crippen molar-refractivity contribution in [2.24, 2.45) is 5.92 Å². The van der Waals surface area contributed by atoms with Gasteiger partial charge in [-0.05, 0) is 30.5 Å². The van der Waals surface area contributed by atoms with Crippen LogP contribution in [0.2, 0.25) is 0 Å². The van der Waals surface area contributed by atoms with Crippen molar-refractivity contribution in [2.45, 2.75) is 31.2 Å². The van der Waals surface area contributed by atoms with E-state index in [2.05, 4.69) is 25.2 Å². The second-order valence-corrected chi connectivity index (χ2v) is 5.41. The highest BCUT2D eigenvalue weighted by atomic mass is 32.2. The Balaban J connectivity index is 2.29. The molecule has 3 heteroatoms. The molecule has 0 radical (unpaired) electrons. The minimum absolute atomic E-state index is 0.0716. The van der Waals surface area contributed by atoms with Crippen LogP contribution < -0.4 is 5.32 Å². The van der Waals surface area contributed by atoms with E-state index in [4.69, 9.17) is 0 Å². The first kappa shape index (κ1) is 11.9. The minimum atomic E-state index is -0.0716. The van der Waals surface area contributed by atoms with Crippen LogP contribution in [0.5, 0.6) is 0 Å². The summed E-state index contributed by atoms with van der Waals surface area (Å²) in [6, 6.07) is 5.73. The molecule has 0 saturated heterocycles. The Morgan fingerprint density at radius 3 is 3.06 bits per heavy atom. The van der Waals surface area contributed by atoms with Gasteiger partial charge >= 0.3 is 0 Å². The quantitative estimate of drug-likeness (QED) is 0.864. The Bertz CT molecular complexity index is 367. The lowest BCUT2D eigenvalue weighted by Gasteiger charge is -2.31. The Morgan fingerprint density at radius 1 is 1.50 bits per heavy atom. The maximum atomic E-state index is 13.6. The molecule has 0 amide bonds. The van der Waals surface area contributed by atoms with Gasteiger partial charge in [0.25, 0.3) is 0 Å². The normalized spacial score (nSPS) is 24.2. The smallest absolute Gasteiger partial charge is 0.137 e. The number of halogens is 1. The Labute approximate surface area is 101 Å². The van der Waals surface area contributed by atoms with Crippen LogP contribution in [0.15, 0.2) is 23.1 Å². The average Bonchev–Trinajstić information content (AvgIpc) is 2.28. The van der Waals surface area contributed by atoms with E-state index in [1.807, 2.05) is 6.07 Å². The van der Waals surface area contributed by atoms with Crippen LogP contribution in [-0.2, 0) is 0 Å². The van der Waals surface area contributed by atoms with Gasteiger partial charge in [0, 0.05) is 16.7 Å². The van der Waals surface area contributed by atoms with Gasteiger partial charge in [-0.1, -0.05) is 26.0 Å². The molecule has 0 fully saturated rings. The van der Waals surface area contributed by atoms with Crippen molar-refractivity contribution in [3.05, 3.63) is 29.6 Å². The molecular formula is C13H18FNS. The van der Waals surface area contributed by atoms with Crippen molar-refractivity contribution in [2.75, 3.05) is 12.3 Å². The maximum absolute atomic E-state index is 13.6. The number of hydrogen-bond acceptors (Lipinski definition) is 2. The number of thioether (sulfide) groups is 1. The molecule has 2 unspecified atom stereocenters. The predicted molar refractivity (Wildman–Crippen MR) is 67.3 cm³/mol. The fraction of sp³-hybridized carbons (Fsp3) is 0.538. The summed E-state index contributed by atoms with van der Waals surface area (Å²) >= 11 is 1.65. The van der Waals surface area contributed by atoms with E-state index in [1.165, 1.54) is 0 Å². The van der Waals surface area contributed by atoms with Crippen molar-refractivity contribution in [3.8, 4) is 0 Å². The summed E-state index contributed by atoms with van der Waals surface area (Å²) in [5.41, 5.74) is 1.14. The van der Waals surface area contributed by atoms with Gasteiger partial charge in [0.1, 0.15) is 5.82 Å². The van der Waals surface area contributed by atoms with Crippen LogP contribution in [0.1, 0.15) is 31.9 Å². The second-order valence-electron chi connectivity index (χ2n) is 4.38. The second kappa shape index (κ2) is 5.19. The Morgan fingerprint density at radius 2 is 2.31 bits per heavy atom. The Kier molecular flexibility index (Phi) is 3.87. The van der Waals surface area contributed by atoms with E-state index < -0.39 is 0 Å². The number of rotatable bonds is 3. The zero-order valence-corrected chi connectivity index (χ0v) is 10.6. The predicted octanol–water partition coefficient (Wildman–Crippen LogP) is 3.61. The molecule has 1 aliphatic rings. The van der Waals surface area contributed by atoms with Gasteiger partial charge in [-0.15, -0.1) is 11.8 Å². The third-order valence-electron chi connectivity index (χ3n) is 3.01. The maximum Gasteiger partial charge on any atom is 0.137 e. The lowest BCUT2D eigenvalue weighted by Crippen LogP contribution is -2.31. The monoisotopic (exact) mass is 239 g/mol. The van der Waals surface area contributed by atoms with Crippen molar-refractivity contribution in [3.63, 3.8) is 0 Å². The van der Waals surface area contributed by atoms with Gasteiger partial charge in [-0.3, -0.25) is 0 Å². The van der Waals surface area contributed by atoms with Gasteiger partial charge < -0.3 is 5.32 Å². The van der Waals surface area contributed by atoms with E-state index in [0.29, 0.717) is 12.0 Å². The molecule has 0 spiro atoms. The van der Waals surface area contributed by atoms with E-state index >= 15 is 0 Å². The molecule has 1 aromatic rings. The molecule has 0 aliphatic carbocycles. The van der Waals surface area contributed by atoms with E-state index in [9.17, 15) is 4.39 Å². The fourth-order valence-electron chi connectivity index (χ4n) is 2.15. The third kappa shape index (κ3) is 2.25. The van der Waals surface area contributed by atoms with Crippen molar-refractivity contribution >= 4 is 11.8 Å². The summed E-state index contributed by atoms with van der Waals surface area (Å²) in [6.07, 6.45) is 1.11. The molecule has 1 aromatic carbocycles. The molecule has 1 heterocycles. The van der Waals surface area contributed by atoms with E-state index in [-0.39, 0.29) is 5.82 Å². The van der Waals surface area contributed by atoms with Crippen LogP contribution in [0, 0.1) is 11.7 Å². The van der Waals surface area contributed by atoms with Crippen LogP contribution in [0.25, 0.3) is 0 Å². The van der Waals surface area contributed by atoms with Crippen LogP contribution in [0.4, 0.5) is 4.39 Å². The summed E-state index contributed by atoms with van der Waals surface area (Å²) < 4.78 is 13.6. The number of benzene rings is 1. The first-order valence-electron chi connectivity index (χ1n) is 5.88. The van der Waals surface area contributed by atoms with Crippen LogP contribution in [0.3, 0.4) is 0 Å². The molecule has 16 heavy (non-hydrogen) atoms. The van der Waals surface area contributed by atoms with Gasteiger partial charge in [-0.2, -0.15) is 0 Å². The topological polar surface area (TPSA) is 12.0 Å². The summed E-state index contributed by atoms with van der Waals surface area (Å²) in [6.45, 7) is 5.38. The molecule has 2 atom stereocenters. The first-order chi connectivity index (χ1) is 7.74. The molecule has 0 bridgehead atoms. The number of fused-ring (bicyclic) bond motifs is 1. The highest BCUT2D eigenvalue weighted by molar-refractivity contribution is 7.99. The average molecular weight is 239 g/mol. The highest BCUT2D eigenvalue weighted by Crippen LogP contribution is 2.40. The standard InChI is InChI=1S/C13H18FNS/c1-3-7-15-12-9(2)8-16-13-10(12)5-4-6-11(13)14/h4-6,9,12,15H,3,7-8H2,1-2H3. The largest absolute Gasteiger partial charge is 0.310 e. The Hall–Kier alpha value is -0.540. The molecular weight excluding hydrogens is 221 g/mol. The van der Waals surface area contributed by atoms with Gasteiger partial charge in [0.05, 0.1) is 0 Å². The molecule has 1 nitrogen and oxygen atoms in total.